The van der Waals surface area contributed by atoms with E-state index in [-0.39, 0.29) is 31.4 Å². The van der Waals surface area contributed by atoms with Crippen LogP contribution in [-0.4, -0.2) is 30.9 Å². The number of ether oxygens (including phenoxy) is 1. The van der Waals surface area contributed by atoms with Gasteiger partial charge < -0.3 is 4.74 Å². The zero-order valence-electron chi connectivity index (χ0n) is 14.0. The summed E-state index contributed by atoms with van der Waals surface area (Å²) in [6.07, 6.45) is 0.0881. The number of nitrogens with one attached hydrogen (secondary N) is 2. The van der Waals surface area contributed by atoms with Crippen molar-refractivity contribution in [1.29, 1.82) is 0 Å². The molecule has 0 aliphatic carbocycles. The fourth-order valence-corrected chi connectivity index (χ4v) is 2.97. The van der Waals surface area contributed by atoms with Crippen LogP contribution in [0.2, 0.25) is 5.02 Å². The highest BCUT2D eigenvalue weighted by molar-refractivity contribution is 9.10. The zero-order chi connectivity index (χ0) is 19.4. The second-order valence-electron chi connectivity index (χ2n) is 5.78. The summed E-state index contributed by atoms with van der Waals surface area (Å²) in [4.78, 5) is 37.5. The molecule has 27 heavy (non-hydrogen) atoms. The number of carbonyl (C=O) groups is 3. The number of hydrogen-bond acceptors (Lipinski definition) is 4. The predicted molar refractivity (Wildman–Crippen MR) is 103 cm³/mol. The Bertz CT molecular complexity index is 889. The predicted octanol–water partition coefficient (Wildman–Crippen LogP) is 2.22. The number of halogens is 2. The topological polar surface area (TPSA) is 87.7 Å². The molecule has 2 aromatic rings. The van der Waals surface area contributed by atoms with E-state index in [1.165, 1.54) is 4.90 Å². The summed E-state index contributed by atoms with van der Waals surface area (Å²) in [5.74, 6) is -0.747. The van der Waals surface area contributed by atoms with Gasteiger partial charge in [-0.25, -0.2) is 0 Å². The Balaban J connectivity index is 1.55. The number of fused-ring (bicyclic) bond motifs is 1. The van der Waals surface area contributed by atoms with E-state index in [1.54, 1.807) is 42.5 Å². The first-order chi connectivity index (χ1) is 12.9. The highest BCUT2D eigenvalue weighted by atomic mass is 79.9. The first-order valence-corrected chi connectivity index (χ1v) is 9.14. The average Bonchev–Trinajstić information content (AvgIpc) is 2.64. The van der Waals surface area contributed by atoms with Gasteiger partial charge in [-0.1, -0.05) is 39.7 Å². The van der Waals surface area contributed by atoms with Crippen LogP contribution in [0.25, 0.3) is 0 Å². The summed E-state index contributed by atoms with van der Waals surface area (Å²) in [6.45, 7) is -0.391. The van der Waals surface area contributed by atoms with E-state index in [0.717, 1.165) is 10.0 Å². The molecule has 0 saturated carbocycles. The molecule has 140 valence electrons. The van der Waals surface area contributed by atoms with Crippen molar-refractivity contribution < 1.29 is 19.1 Å². The zero-order valence-corrected chi connectivity index (χ0v) is 16.3. The van der Waals surface area contributed by atoms with E-state index in [4.69, 9.17) is 16.3 Å². The van der Waals surface area contributed by atoms with Gasteiger partial charge in [-0.2, -0.15) is 0 Å². The van der Waals surface area contributed by atoms with Crippen molar-refractivity contribution >= 4 is 50.9 Å². The Kier molecular flexibility index (Phi) is 5.98. The minimum absolute atomic E-state index is 0.0881. The van der Waals surface area contributed by atoms with Crippen molar-refractivity contribution in [2.24, 2.45) is 0 Å². The van der Waals surface area contributed by atoms with E-state index >= 15 is 0 Å². The van der Waals surface area contributed by atoms with Crippen molar-refractivity contribution in [1.82, 2.24) is 10.9 Å². The summed E-state index contributed by atoms with van der Waals surface area (Å²) < 4.78 is 6.17. The van der Waals surface area contributed by atoms with Crippen LogP contribution in [0.5, 0.6) is 5.75 Å². The molecule has 1 aliphatic rings. The molecule has 0 bridgehead atoms. The minimum atomic E-state index is -0.524. The third kappa shape index (κ3) is 4.99. The van der Waals surface area contributed by atoms with Crippen molar-refractivity contribution in [2.45, 2.75) is 6.42 Å². The van der Waals surface area contributed by atoms with Gasteiger partial charge in [-0.3, -0.25) is 30.1 Å². The first-order valence-electron chi connectivity index (χ1n) is 7.97. The van der Waals surface area contributed by atoms with Crippen LogP contribution in [-0.2, 0) is 20.8 Å². The largest absolute Gasteiger partial charge is 0.482 e. The van der Waals surface area contributed by atoms with E-state index in [0.29, 0.717) is 16.5 Å². The highest BCUT2D eigenvalue weighted by Crippen LogP contribution is 2.34. The molecule has 0 radical (unpaired) electrons. The van der Waals surface area contributed by atoms with Gasteiger partial charge in [-0.15, -0.1) is 0 Å². The van der Waals surface area contributed by atoms with Crippen molar-refractivity contribution in [3.8, 4) is 5.75 Å². The van der Waals surface area contributed by atoms with Crippen LogP contribution in [0.1, 0.15) is 5.56 Å². The van der Waals surface area contributed by atoms with Crippen molar-refractivity contribution in [3.05, 3.63) is 57.5 Å². The summed E-state index contributed by atoms with van der Waals surface area (Å²) in [6, 6.07) is 12.0. The Morgan fingerprint density at radius 2 is 1.81 bits per heavy atom. The molecular weight excluding hydrogens is 438 g/mol. The number of carbonyl (C=O) groups excluding carboxylic acids is 3. The summed E-state index contributed by atoms with van der Waals surface area (Å²) in [5, 5.41) is 0.579. The van der Waals surface area contributed by atoms with E-state index < -0.39 is 5.91 Å². The summed E-state index contributed by atoms with van der Waals surface area (Å²) in [7, 11) is 0. The Morgan fingerprint density at radius 1 is 1.11 bits per heavy atom. The molecule has 2 aromatic carbocycles. The number of nitrogens with zero attached hydrogens (tertiary/aromatic N) is 1. The van der Waals surface area contributed by atoms with Gasteiger partial charge in [0.2, 0.25) is 5.91 Å². The molecular formula is C18H15BrClN3O4. The summed E-state index contributed by atoms with van der Waals surface area (Å²) >= 11 is 9.13. The Labute approximate surface area is 168 Å². The third-order valence-electron chi connectivity index (χ3n) is 3.79. The molecule has 3 rings (SSSR count). The van der Waals surface area contributed by atoms with Gasteiger partial charge in [0.15, 0.2) is 6.61 Å². The lowest BCUT2D eigenvalue weighted by Crippen LogP contribution is -2.50. The maximum Gasteiger partial charge on any atom is 0.265 e. The molecule has 1 heterocycles. The van der Waals surface area contributed by atoms with Crippen LogP contribution in [0.3, 0.4) is 0 Å². The lowest BCUT2D eigenvalue weighted by molar-refractivity contribution is -0.129. The van der Waals surface area contributed by atoms with Gasteiger partial charge in [0.25, 0.3) is 11.8 Å². The van der Waals surface area contributed by atoms with Crippen LogP contribution >= 0.6 is 27.5 Å². The van der Waals surface area contributed by atoms with Crippen LogP contribution in [0.4, 0.5) is 5.69 Å². The second-order valence-corrected chi connectivity index (χ2v) is 7.13. The van der Waals surface area contributed by atoms with Gasteiger partial charge in [-0.05, 0) is 35.9 Å². The third-order valence-corrected chi connectivity index (χ3v) is 4.53. The van der Waals surface area contributed by atoms with Gasteiger partial charge >= 0.3 is 0 Å². The van der Waals surface area contributed by atoms with Gasteiger partial charge in [0.05, 0.1) is 12.1 Å². The fourth-order valence-electron chi connectivity index (χ4n) is 2.51. The Hall–Kier alpha value is -2.58. The molecule has 7 nitrogen and oxygen atoms in total. The summed E-state index contributed by atoms with van der Waals surface area (Å²) in [5.41, 5.74) is 5.91. The van der Waals surface area contributed by atoms with Gasteiger partial charge in [0, 0.05) is 9.50 Å². The Morgan fingerprint density at radius 3 is 2.56 bits per heavy atom. The number of rotatable bonds is 4. The van der Waals surface area contributed by atoms with Crippen LogP contribution in [0.15, 0.2) is 46.9 Å². The van der Waals surface area contributed by atoms with Crippen LogP contribution in [0, 0.1) is 0 Å². The number of amides is 3. The number of hydrazine groups is 1. The lowest BCUT2D eigenvalue weighted by atomic mass is 10.1. The molecule has 9 heteroatoms. The van der Waals surface area contributed by atoms with Crippen molar-refractivity contribution in [3.63, 3.8) is 0 Å². The number of benzene rings is 2. The first kappa shape index (κ1) is 19.2. The molecule has 0 atom stereocenters. The molecule has 3 amide bonds. The molecule has 0 fully saturated rings. The standard InChI is InChI=1S/C18H15BrClN3O4/c19-12-3-6-14-15(8-12)27-10-18(26)23(14)9-17(25)22-21-16(24)7-11-1-4-13(20)5-2-11/h1-6,8H,7,9-10H2,(H,21,24)(H,22,25). The monoisotopic (exact) mass is 451 g/mol. The number of anilines is 1. The van der Waals surface area contributed by atoms with Crippen molar-refractivity contribution in [2.75, 3.05) is 18.1 Å². The molecule has 0 saturated heterocycles. The molecule has 2 N–H and O–H groups in total. The normalized spacial score (nSPS) is 12.8. The average molecular weight is 453 g/mol. The maximum atomic E-state index is 12.1. The quantitative estimate of drug-likeness (QED) is 0.697. The smallest absolute Gasteiger partial charge is 0.265 e. The van der Waals surface area contributed by atoms with E-state index in [1.807, 2.05) is 0 Å². The molecule has 0 unspecified atom stereocenters. The van der Waals surface area contributed by atoms with E-state index in [2.05, 4.69) is 26.8 Å². The number of hydrogen-bond donors (Lipinski definition) is 2. The molecule has 1 aliphatic heterocycles. The highest BCUT2D eigenvalue weighted by Gasteiger charge is 2.27. The minimum Gasteiger partial charge on any atom is -0.482 e. The lowest BCUT2D eigenvalue weighted by Gasteiger charge is -2.28. The maximum absolute atomic E-state index is 12.1. The van der Waals surface area contributed by atoms with Gasteiger partial charge in [0.1, 0.15) is 12.3 Å². The molecule has 0 aromatic heterocycles. The second kappa shape index (κ2) is 8.41. The van der Waals surface area contributed by atoms with E-state index in [9.17, 15) is 14.4 Å². The molecule has 0 spiro atoms. The SMILES string of the molecule is O=C(Cc1ccc(Cl)cc1)NNC(=O)CN1C(=O)COc2cc(Br)ccc21. The fraction of sp³-hybridized carbons (Fsp3) is 0.167. The van der Waals surface area contributed by atoms with Crippen LogP contribution < -0.4 is 20.5 Å².